The van der Waals surface area contributed by atoms with E-state index in [1.807, 2.05) is 32.9 Å². The maximum absolute atomic E-state index is 16.5. The van der Waals surface area contributed by atoms with Crippen molar-refractivity contribution in [2.75, 3.05) is 56.2 Å². The molecule has 63 heavy (non-hydrogen) atoms. The van der Waals surface area contributed by atoms with Crippen molar-refractivity contribution in [3.8, 4) is 17.0 Å². The highest BCUT2D eigenvalue weighted by molar-refractivity contribution is 6.13. The number of hydrogen-bond acceptors (Lipinski definition) is 11. The van der Waals surface area contributed by atoms with Gasteiger partial charge in [-0.25, -0.2) is 14.4 Å². The number of aromatic nitrogens is 5. The van der Waals surface area contributed by atoms with E-state index in [1.54, 1.807) is 27.0 Å². The summed E-state index contributed by atoms with van der Waals surface area (Å²) in [5.41, 5.74) is 7.17. The largest absolute Gasteiger partial charge is 0.495 e. The molecule has 2 unspecified atom stereocenters. The second kappa shape index (κ2) is 17.8. The number of halogens is 1. The van der Waals surface area contributed by atoms with Gasteiger partial charge in [-0.1, -0.05) is 57.6 Å². The molecule has 8 rings (SSSR count). The van der Waals surface area contributed by atoms with Crippen LogP contribution in [0.5, 0.6) is 5.75 Å². The Kier molecular flexibility index (Phi) is 12.2. The summed E-state index contributed by atoms with van der Waals surface area (Å²) < 4.78 is 27.7. The van der Waals surface area contributed by atoms with Crippen molar-refractivity contribution in [2.45, 2.75) is 84.2 Å². The van der Waals surface area contributed by atoms with Crippen molar-refractivity contribution < 1.29 is 23.2 Å². The third kappa shape index (κ3) is 8.83. The van der Waals surface area contributed by atoms with Crippen LogP contribution in [0.2, 0.25) is 0 Å². The molecule has 15 heteroatoms. The van der Waals surface area contributed by atoms with Gasteiger partial charge in [-0.2, -0.15) is 4.98 Å². The first-order chi connectivity index (χ1) is 30.2. The maximum atomic E-state index is 16.5. The predicted molar refractivity (Wildman–Crippen MR) is 244 cm³/mol. The number of aromatic amines is 1. The number of carbonyl (C=O) groups excluding carboxylic acids is 2. The Morgan fingerprint density at radius 3 is 2.60 bits per heavy atom. The fourth-order valence-electron chi connectivity index (χ4n) is 9.01. The van der Waals surface area contributed by atoms with E-state index in [2.05, 4.69) is 94.3 Å². The summed E-state index contributed by atoms with van der Waals surface area (Å²) >= 11 is 0. The van der Waals surface area contributed by atoms with Crippen molar-refractivity contribution in [3.05, 3.63) is 101 Å². The smallest absolute Gasteiger partial charge is 0.315 e. The van der Waals surface area contributed by atoms with Gasteiger partial charge in [-0.15, -0.1) is 0 Å². The normalized spacial score (nSPS) is 17.0. The van der Waals surface area contributed by atoms with Crippen molar-refractivity contribution >= 4 is 45.6 Å². The zero-order valence-corrected chi connectivity index (χ0v) is 37.2. The molecule has 2 saturated heterocycles. The van der Waals surface area contributed by atoms with Crippen LogP contribution in [-0.2, 0) is 10.2 Å². The minimum Gasteiger partial charge on any atom is -0.495 e. The molecule has 2 aliphatic rings. The maximum Gasteiger partial charge on any atom is 0.315 e. The van der Waals surface area contributed by atoms with Crippen LogP contribution in [0.4, 0.5) is 15.8 Å². The number of amides is 2. The topological polar surface area (TPSA) is 158 Å². The number of rotatable bonds is 14. The number of benzene rings is 3. The fourth-order valence-corrected chi connectivity index (χ4v) is 9.01. The third-order valence-corrected chi connectivity index (χ3v) is 12.8. The number of hydrogen-bond donors (Lipinski definition) is 3. The molecule has 0 spiro atoms. The van der Waals surface area contributed by atoms with Crippen LogP contribution in [0.25, 0.3) is 33.2 Å². The highest BCUT2D eigenvalue weighted by atomic mass is 19.1. The van der Waals surface area contributed by atoms with Gasteiger partial charge in [0.25, 0.3) is 0 Å². The monoisotopic (exact) mass is 856 g/mol. The molecule has 14 nitrogen and oxygen atoms in total. The van der Waals surface area contributed by atoms with Gasteiger partial charge < -0.3 is 34.7 Å². The van der Waals surface area contributed by atoms with E-state index in [0.29, 0.717) is 57.6 Å². The molecule has 3 N–H and O–H groups in total. The summed E-state index contributed by atoms with van der Waals surface area (Å²) in [7, 11) is 1.68. The lowest BCUT2D eigenvalue weighted by atomic mass is 9.95. The van der Waals surface area contributed by atoms with E-state index in [9.17, 15) is 9.59 Å². The number of ether oxygens (including phenoxy) is 1. The predicted octanol–water partition coefficient (Wildman–Crippen LogP) is 7.95. The zero-order valence-electron chi connectivity index (χ0n) is 37.2. The average Bonchev–Trinajstić information content (AvgIpc) is 4.06. The summed E-state index contributed by atoms with van der Waals surface area (Å²) in [6.07, 6.45) is 4.93. The molecule has 330 valence electrons. The van der Waals surface area contributed by atoms with Crippen LogP contribution in [0, 0.1) is 12.7 Å². The number of H-pyrrole nitrogens is 1. The summed E-state index contributed by atoms with van der Waals surface area (Å²) in [5, 5.41) is 11.0. The molecule has 5 heterocycles. The molecule has 2 aliphatic heterocycles. The SMILES string of the molecule is C=C(CCC(C)c1cccc(N2CCC(N3CCN(c4cc5[nH]c6ncnc(-c7ccc([C@@H](C)NC(=O)c8nc(C(C)(C)C)no8)c(C)c7F)c6c5cc4OC)CC3)C2)c1)NC=O. The Balaban J connectivity index is 0.953. The standard InChI is InChI=1S/C48H57FN10O4/c1-28(12-13-29(2)52-27-60)32-10-9-11-33(22-32)59-17-16-34(25-59)57-18-20-58(21-19-57)39-24-38-37(23-40(39)62-8)41-43(50-26-51-44(41)54-38)36-15-14-35(30(3)42(36)49)31(4)53-45(61)46-55-47(56-63-46)48(5,6)7/h9-11,14-15,22-24,26-28,31,34H,2,12-13,16-21,25H2,1,3-8H3,(H,52,60)(H,53,61)(H,50,51,54)/t28?,31-,34?/m1/s1. The molecule has 2 fully saturated rings. The van der Waals surface area contributed by atoms with Crippen molar-refractivity contribution in [1.29, 1.82) is 0 Å². The third-order valence-electron chi connectivity index (χ3n) is 12.8. The molecule has 2 amide bonds. The second-order valence-corrected chi connectivity index (χ2v) is 18.0. The molecule has 3 atom stereocenters. The van der Waals surface area contributed by atoms with Gasteiger partial charge in [0.05, 0.1) is 35.4 Å². The Morgan fingerprint density at radius 1 is 1.08 bits per heavy atom. The number of nitrogens with one attached hydrogen (secondary N) is 3. The molecule has 0 aliphatic carbocycles. The summed E-state index contributed by atoms with van der Waals surface area (Å²) in [6.45, 7) is 21.0. The first kappa shape index (κ1) is 43.3. The number of allylic oxidation sites excluding steroid dienone is 1. The van der Waals surface area contributed by atoms with Crippen LogP contribution in [-0.4, -0.2) is 94.7 Å². The lowest BCUT2D eigenvalue weighted by Crippen LogP contribution is -2.51. The number of methoxy groups -OCH3 is 1. The lowest BCUT2D eigenvalue weighted by molar-refractivity contribution is -0.109. The Hall–Kier alpha value is -6.35. The van der Waals surface area contributed by atoms with Gasteiger partial charge in [0.15, 0.2) is 5.82 Å². The first-order valence-electron chi connectivity index (χ1n) is 21.7. The van der Waals surface area contributed by atoms with Gasteiger partial charge in [-0.3, -0.25) is 14.5 Å². The van der Waals surface area contributed by atoms with E-state index in [4.69, 9.17) is 9.26 Å². The van der Waals surface area contributed by atoms with Gasteiger partial charge in [0, 0.05) is 73.1 Å². The number of fused-ring (bicyclic) bond motifs is 3. The lowest BCUT2D eigenvalue weighted by Gasteiger charge is -2.39. The molecule has 3 aromatic heterocycles. The minimum atomic E-state index is -0.545. The van der Waals surface area contributed by atoms with Gasteiger partial charge in [-0.05, 0) is 86.1 Å². The second-order valence-electron chi connectivity index (χ2n) is 18.0. The highest BCUT2D eigenvalue weighted by Gasteiger charge is 2.32. The Labute approximate surface area is 367 Å². The number of anilines is 2. The molecular formula is C48H57FN10O4. The van der Waals surface area contributed by atoms with Gasteiger partial charge in [0.2, 0.25) is 6.41 Å². The average molecular weight is 857 g/mol. The quantitative estimate of drug-likeness (QED) is 0.0914. The fraction of sp³-hybridized carbons (Fsp3) is 0.417. The van der Waals surface area contributed by atoms with Crippen molar-refractivity contribution in [3.63, 3.8) is 0 Å². The van der Waals surface area contributed by atoms with Gasteiger partial charge >= 0.3 is 11.8 Å². The molecule has 0 bridgehead atoms. The summed E-state index contributed by atoms with van der Waals surface area (Å²) in [6, 6.07) is 16.4. The Bertz CT molecular complexity index is 2660. The van der Waals surface area contributed by atoms with Crippen LogP contribution in [0.3, 0.4) is 0 Å². The van der Waals surface area contributed by atoms with Crippen molar-refractivity contribution in [2.24, 2.45) is 0 Å². The van der Waals surface area contributed by atoms with E-state index in [1.165, 1.54) is 17.6 Å². The summed E-state index contributed by atoms with van der Waals surface area (Å²) in [5.74, 6) is 0.399. The molecule has 0 saturated carbocycles. The Morgan fingerprint density at radius 2 is 1.87 bits per heavy atom. The minimum absolute atomic E-state index is 0.142. The molecular weight excluding hydrogens is 800 g/mol. The highest BCUT2D eigenvalue weighted by Crippen LogP contribution is 2.41. The van der Waals surface area contributed by atoms with Crippen LogP contribution in [0.1, 0.15) is 99.0 Å². The number of piperazine rings is 1. The molecule has 3 aromatic carbocycles. The van der Waals surface area contributed by atoms with E-state index < -0.39 is 17.8 Å². The molecule has 6 aromatic rings. The summed E-state index contributed by atoms with van der Waals surface area (Å²) in [4.78, 5) is 48.2. The van der Waals surface area contributed by atoms with Crippen LogP contribution >= 0.6 is 0 Å². The number of carbonyl (C=O) groups is 2. The van der Waals surface area contributed by atoms with E-state index >= 15 is 4.39 Å². The van der Waals surface area contributed by atoms with E-state index in [-0.39, 0.29) is 11.3 Å². The molecule has 0 radical (unpaired) electrons. The van der Waals surface area contributed by atoms with Crippen LogP contribution < -0.4 is 25.2 Å². The number of nitrogens with zero attached hydrogens (tertiary/aromatic N) is 7. The van der Waals surface area contributed by atoms with Crippen LogP contribution in [0.15, 0.2) is 71.7 Å². The van der Waals surface area contributed by atoms with E-state index in [0.717, 1.165) is 86.6 Å². The zero-order chi connectivity index (χ0) is 44.6. The first-order valence-corrected chi connectivity index (χ1v) is 21.7. The van der Waals surface area contributed by atoms with Gasteiger partial charge in [0.1, 0.15) is 23.5 Å². The van der Waals surface area contributed by atoms with Crippen molar-refractivity contribution in [1.82, 2.24) is 40.6 Å².